The molecule has 1 aromatic carbocycles. The van der Waals surface area contributed by atoms with E-state index in [1.54, 1.807) is 7.11 Å². The van der Waals surface area contributed by atoms with Crippen molar-refractivity contribution in [2.45, 2.75) is 13.5 Å². The molecule has 0 radical (unpaired) electrons. The Hall–Kier alpha value is -1.10. The lowest BCUT2D eigenvalue weighted by Gasteiger charge is -2.19. The molecule has 0 aliphatic rings. The third-order valence-corrected chi connectivity index (χ3v) is 2.87. The summed E-state index contributed by atoms with van der Waals surface area (Å²) < 4.78 is 10.6. The summed E-state index contributed by atoms with van der Waals surface area (Å²) in [6.45, 7) is 7.26. The lowest BCUT2D eigenvalue weighted by Crippen LogP contribution is -2.30. The van der Waals surface area contributed by atoms with E-state index < -0.39 is 0 Å². The van der Waals surface area contributed by atoms with Gasteiger partial charge in [0.15, 0.2) is 0 Å². The van der Waals surface area contributed by atoms with Gasteiger partial charge < -0.3 is 19.7 Å². The number of benzene rings is 1. The van der Waals surface area contributed by atoms with Gasteiger partial charge in [-0.2, -0.15) is 0 Å². The predicted octanol–water partition coefficient (Wildman–Crippen LogP) is 1.75. The summed E-state index contributed by atoms with van der Waals surface area (Å²) in [5, 5.41) is 3.34. The molecule has 0 aliphatic carbocycles. The number of hydrogen-bond donors (Lipinski definition) is 1. The van der Waals surface area contributed by atoms with Crippen LogP contribution in [0.1, 0.15) is 12.5 Å². The zero-order valence-electron chi connectivity index (χ0n) is 12.3. The van der Waals surface area contributed by atoms with Gasteiger partial charge in [-0.3, -0.25) is 0 Å². The van der Waals surface area contributed by atoms with E-state index in [2.05, 4.69) is 29.4 Å². The van der Waals surface area contributed by atoms with Crippen molar-refractivity contribution in [3.8, 4) is 5.75 Å². The highest BCUT2D eigenvalue weighted by Gasteiger charge is 2.05. The number of para-hydroxylation sites is 1. The first-order chi connectivity index (χ1) is 9.27. The molecule has 1 rings (SSSR count). The number of nitrogens with zero attached hydrogens (tertiary/aromatic N) is 1. The summed E-state index contributed by atoms with van der Waals surface area (Å²) in [5.74, 6) is 0.990. The highest BCUT2D eigenvalue weighted by atomic mass is 16.5. The van der Waals surface area contributed by atoms with Crippen molar-refractivity contribution in [3.63, 3.8) is 0 Å². The maximum atomic E-state index is 5.64. The van der Waals surface area contributed by atoms with Crippen molar-refractivity contribution in [2.24, 2.45) is 0 Å². The second kappa shape index (κ2) is 9.78. The van der Waals surface area contributed by atoms with Gasteiger partial charge in [-0.15, -0.1) is 0 Å². The SMILES string of the molecule is CCOc1ccccc1CN(C)CCNCCOC. The van der Waals surface area contributed by atoms with Gasteiger partial charge in [-0.1, -0.05) is 18.2 Å². The zero-order chi connectivity index (χ0) is 13.9. The summed E-state index contributed by atoms with van der Waals surface area (Å²) in [7, 11) is 3.85. The lowest BCUT2D eigenvalue weighted by molar-refractivity contribution is 0.197. The summed E-state index contributed by atoms with van der Waals surface area (Å²) >= 11 is 0. The van der Waals surface area contributed by atoms with Gasteiger partial charge in [0.2, 0.25) is 0 Å². The maximum absolute atomic E-state index is 5.64. The summed E-state index contributed by atoms with van der Waals surface area (Å²) in [6, 6.07) is 8.23. The number of ether oxygens (including phenoxy) is 2. The molecule has 0 aliphatic heterocycles. The third-order valence-electron chi connectivity index (χ3n) is 2.87. The topological polar surface area (TPSA) is 33.7 Å². The van der Waals surface area contributed by atoms with Crippen LogP contribution in [-0.2, 0) is 11.3 Å². The summed E-state index contributed by atoms with van der Waals surface area (Å²) in [6.07, 6.45) is 0. The Morgan fingerprint density at radius 3 is 2.74 bits per heavy atom. The average molecular weight is 266 g/mol. The van der Waals surface area contributed by atoms with Crippen LogP contribution in [0, 0.1) is 0 Å². The molecule has 0 heterocycles. The second-order valence-electron chi connectivity index (χ2n) is 4.52. The van der Waals surface area contributed by atoms with E-state index in [0.717, 1.165) is 38.5 Å². The summed E-state index contributed by atoms with van der Waals surface area (Å²) in [5.41, 5.74) is 1.24. The first kappa shape index (κ1) is 16.0. The molecule has 19 heavy (non-hydrogen) atoms. The van der Waals surface area contributed by atoms with Crippen molar-refractivity contribution in [1.29, 1.82) is 0 Å². The number of nitrogens with one attached hydrogen (secondary N) is 1. The monoisotopic (exact) mass is 266 g/mol. The first-order valence-electron chi connectivity index (χ1n) is 6.86. The normalized spacial score (nSPS) is 10.9. The van der Waals surface area contributed by atoms with Crippen LogP contribution >= 0.6 is 0 Å². The third kappa shape index (κ3) is 6.57. The molecule has 0 saturated carbocycles. The Kier molecular flexibility index (Phi) is 8.21. The number of rotatable bonds is 10. The molecule has 4 nitrogen and oxygen atoms in total. The molecule has 0 bridgehead atoms. The number of likely N-dealkylation sites (N-methyl/N-ethyl adjacent to an activating group) is 1. The van der Waals surface area contributed by atoms with Crippen molar-refractivity contribution in [1.82, 2.24) is 10.2 Å². The van der Waals surface area contributed by atoms with Gasteiger partial charge in [0.25, 0.3) is 0 Å². The molecule has 0 aromatic heterocycles. The molecule has 0 saturated heterocycles. The van der Waals surface area contributed by atoms with E-state index in [9.17, 15) is 0 Å². The van der Waals surface area contributed by atoms with E-state index in [-0.39, 0.29) is 0 Å². The van der Waals surface area contributed by atoms with Gasteiger partial charge in [-0.05, 0) is 20.0 Å². The van der Waals surface area contributed by atoms with E-state index in [0.29, 0.717) is 6.61 Å². The van der Waals surface area contributed by atoms with Crippen LogP contribution in [0.2, 0.25) is 0 Å². The summed E-state index contributed by atoms with van der Waals surface area (Å²) in [4.78, 5) is 2.29. The van der Waals surface area contributed by atoms with Crippen LogP contribution in [0.4, 0.5) is 0 Å². The van der Waals surface area contributed by atoms with Gasteiger partial charge in [0.05, 0.1) is 13.2 Å². The molecular weight excluding hydrogens is 240 g/mol. The maximum Gasteiger partial charge on any atom is 0.123 e. The van der Waals surface area contributed by atoms with Crippen molar-refractivity contribution in [2.75, 3.05) is 47.0 Å². The average Bonchev–Trinajstić information content (AvgIpc) is 2.41. The minimum absolute atomic E-state index is 0.708. The van der Waals surface area contributed by atoms with Crippen molar-refractivity contribution in [3.05, 3.63) is 29.8 Å². The Morgan fingerprint density at radius 2 is 2.00 bits per heavy atom. The van der Waals surface area contributed by atoms with Crippen LogP contribution < -0.4 is 10.1 Å². The fourth-order valence-electron chi connectivity index (χ4n) is 1.87. The van der Waals surface area contributed by atoms with E-state index in [4.69, 9.17) is 9.47 Å². The van der Waals surface area contributed by atoms with E-state index in [1.807, 2.05) is 19.1 Å². The van der Waals surface area contributed by atoms with Crippen molar-refractivity contribution < 1.29 is 9.47 Å². The quantitative estimate of drug-likeness (QED) is 0.654. The van der Waals surface area contributed by atoms with Crippen molar-refractivity contribution >= 4 is 0 Å². The fraction of sp³-hybridized carbons (Fsp3) is 0.600. The predicted molar refractivity (Wildman–Crippen MR) is 78.7 cm³/mol. The number of methoxy groups -OCH3 is 1. The van der Waals surface area contributed by atoms with Crippen LogP contribution in [0.5, 0.6) is 5.75 Å². The van der Waals surface area contributed by atoms with Crippen LogP contribution in [-0.4, -0.2) is 51.9 Å². The lowest BCUT2D eigenvalue weighted by atomic mass is 10.2. The second-order valence-corrected chi connectivity index (χ2v) is 4.52. The van der Waals surface area contributed by atoms with E-state index >= 15 is 0 Å². The van der Waals surface area contributed by atoms with Gasteiger partial charge in [0, 0.05) is 38.9 Å². The minimum Gasteiger partial charge on any atom is -0.494 e. The largest absolute Gasteiger partial charge is 0.494 e. The Labute approximate surface area is 116 Å². The highest BCUT2D eigenvalue weighted by molar-refractivity contribution is 5.33. The molecule has 4 heteroatoms. The smallest absolute Gasteiger partial charge is 0.123 e. The molecule has 1 aromatic rings. The van der Waals surface area contributed by atoms with Crippen LogP contribution in [0.3, 0.4) is 0 Å². The molecule has 108 valence electrons. The van der Waals surface area contributed by atoms with E-state index in [1.165, 1.54) is 5.56 Å². The number of hydrogen-bond acceptors (Lipinski definition) is 4. The van der Waals surface area contributed by atoms with Crippen LogP contribution in [0.25, 0.3) is 0 Å². The molecule has 0 atom stereocenters. The zero-order valence-corrected chi connectivity index (χ0v) is 12.3. The fourth-order valence-corrected chi connectivity index (χ4v) is 1.87. The molecule has 0 amide bonds. The highest BCUT2D eigenvalue weighted by Crippen LogP contribution is 2.19. The van der Waals surface area contributed by atoms with Gasteiger partial charge in [0.1, 0.15) is 5.75 Å². The Bertz CT molecular complexity index is 345. The van der Waals surface area contributed by atoms with Crippen LogP contribution in [0.15, 0.2) is 24.3 Å². The minimum atomic E-state index is 0.708. The molecule has 0 unspecified atom stereocenters. The standard InChI is InChI=1S/C15H26N2O2/c1-4-19-15-8-6-5-7-14(15)13-17(2)11-9-16-10-12-18-3/h5-8,16H,4,9-13H2,1-3H3. The molecular formula is C15H26N2O2. The first-order valence-corrected chi connectivity index (χ1v) is 6.86. The van der Waals surface area contributed by atoms with Gasteiger partial charge >= 0.3 is 0 Å². The Morgan fingerprint density at radius 1 is 1.21 bits per heavy atom. The van der Waals surface area contributed by atoms with Gasteiger partial charge in [-0.25, -0.2) is 0 Å². The Balaban J connectivity index is 2.33. The molecule has 0 spiro atoms. The molecule has 1 N–H and O–H groups in total. The molecule has 0 fully saturated rings.